The van der Waals surface area contributed by atoms with Crippen LogP contribution < -0.4 is 10.6 Å². The predicted octanol–water partition coefficient (Wildman–Crippen LogP) is 2.94. The number of amides is 3. The van der Waals surface area contributed by atoms with Crippen LogP contribution in [0, 0.1) is 0 Å². The lowest BCUT2D eigenvalue weighted by Crippen LogP contribution is -2.45. The first-order chi connectivity index (χ1) is 11.1. The van der Waals surface area contributed by atoms with Crippen molar-refractivity contribution in [2.75, 3.05) is 0 Å². The SMILES string of the molecule is CC(Sc1ncnc2ccsc12)C(=O)NC(=O)NC1CCCC1. The van der Waals surface area contributed by atoms with Crippen molar-refractivity contribution in [1.82, 2.24) is 20.6 Å². The Labute approximate surface area is 142 Å². The number of thioether (sulfide) groups is 1. The second-order valence-electron chi connectivity index (χ2n) is 5.52. The van der Waals surface area contributed by atoms with E-state index in [0.717, 1.165) is 40.9 Å². The Morgan fingerprint density at radius 2 is 2.13 bits per heavy atom. The van der Waals surface area contributed by atoms with Crippen LogP contribution in [-0.2, 0) is 4.79 Å². The quantitative estimate of drug-likeness (QED) is 0.654. The molecule has 1 atom stereocenters. The van der Waals surface area contributed by atoms with Crippen LogP contribution in [0.4, 0.5) is 4.79 Å². The smallest absolute Gasteiger partial charge is 0.321 e. The summed E-state index contributed by atoms with van der Waals surface area (Å²) < 4.78 is 0.965. The Hall–Kier alpha value is -1.67. The van der Waals surface area contributed by atoms with E-state index in [9.17, 15) is 9.59 Å². The molecule has 1 aliphatic carbocycles. The summed E-state index contributed by atoms with van der Waals surface area (Å²) in [6.45, 7) is 1.77. The topological polar surface area (TPSA) is 84.0 Å². The van der Waals surface area contributed by atoms with E-state index in [1.54, 1.807) is 18.3 Å². The van der Waals surface area contributed by atoms with Crippen molar-refractivity contribution in [3.05, 3.63) is 17.8 Å². The third-order valence-corrected chi connectivity index (χ3v) is 5.94. The normalized spacial score (nSPS) is 16.4. The van der Waals surface area contributed by atoms with Gasteiger partial charge in [0.25, 0.3) is 0 Å². The number of carbonyl (C=O) groups excluding carboxylic acids is 2. The second kappa shape index (κ2) is 7.27. The van der Waals surface area contributed by atoms with E-state index in [4.69, 9.17) is 0 Å². The molecule has 2 N–H and O–H groups in total. The third kappa shape index (κ3) is 4.00. The van der Waals surface area contributed by atoms with Crippen molar-refractivity contribution in [2.24, 2.45) is 0 Å². The molecule has 0 aromatic carbocycles. The molecule has 0 spiro atoms. The first kappa shape index (κ1) is 16.2. The van der Waals surface area contributed by atoms with Crippen LogP contribution in [0.25, 0.3) is 10.2 Å². The van der Waals surface area contributed by atoms with E-state index in [2.05, 4.69) is 20.6 Å². The average molecular weight is 350 g/mol. The second-order valence-corrected chi connectivity index (χ2v) is 7.76. The van der Waals surface area contributed by atoms with Gasteiger partial charge in [-0.05, 0) is 31.2 Å². The predicted molar refractivity (Wildman–Crippen MR) is 91.7 cm³/mol. The first-order valence-electron chi connectivity index (χ1n) is 7.59. The zero-order chi connectivity index (χ0) is 16.2. The van der Waals surface area contributed by atoms with E-state index < -0.39 is 11.3 Å². The van der Waals surface area contributed by atoms with Gasteiger partial charge in [0, 0.05) is 6.04 Å². The fraction of sp³-hybridized carbons (Fsp3) is 0.467. The molecular weight excluding hydrogens is 332 g/mol. The minimum absolute atomic E-state index is 0.193. The number of nitrogens with zero attached hydrogens (tertiary/aromatic N) is 2. The van der Waals surface area contributed by atoms with Crippen LogP contribution in [0.15, 0.2) is 22.8 Å². The highest BCUT2D eigenvalue weighted by Crippen LogP contribution is 2.31. The minimum atomic E-state index is -0.412. The molecule has 1 saturated carbocycles. The zero-order valence-electron chi connectivity index (χ0n) is 12.7. The van der Waals surface area contributed by atoms with Crippen molar-refractivity contribution in [2.45, 2.75) is 48.9 Å². The summed E-state index contributed by atoms with van der Waals surface area (Å²) in [5, 5.41) is 7.57. The highest BCUT2D eigenvalue weighted by molar-refractivity contribution is 8.00. The number of nitrogens with one attached hydrogen (secondary N) is 2. The number of imide groups is 1. The van der Waals surface area contributed by atoms with Crippen molar-refractivity contribution >= 4 is 45.3 Å². The molecule has 1 fully saturated rings. The maximum absolute atomic E-state index is 12.2. The van der Waals surface area contributed by atoms with Gasteiger partial charge in [0.2, 0.25) is 5.91 Å². The van der Waals surface area contributed by atoms with Crippen LogP contribution in [0.5, 0.6) is 0 Å². The van der Waals surface area contributed by atoms with Gasteiger partial charge in [-0.1, -0.05) is 24.6 Å². The van der Waals surface area contributed by atoms with Gasteiger partial charge in [0.1, 0.15) is 11.4 Å². The van der Waals surface area contributed by atoms with E-state index in [0.29, 0.717) is 0 Å². The number of aromatic nitrogens is 2. The summed E-state index contributed by atoms with van der Waals surface area (Å²) in [5.41, 5.74) is 0.874. The fourth-order valence-corrected chi connectivity index (χ4v) is 4.41. The highest BCUT2D eigenvalue weighted by Gasteiger charge is 2.22. The van der Waals surface area contributed by atoms with Gasteiger partial charge in [0.05, 0.1) is 15.5 Å². The summed E-state index contributed by atoms with van der Waals surface area (Å²) in [5.74, 6) is -0.311. The molecule has 3 rings (SSSR count). The van der Waals surface area contributed by atoms with Crippen LogP contribution in [0.3, 0.4) is 0 Å². The van der Waals surface area contributed by atoms with Gasteiger partial charge < -0.3 is 5.32 Å². The summed E-state index contributed by atoms with van der Waals surface area (Å²) in [6.07, 6.45) is 5.74. The molecule has 2 aromatic heterocycles. The van der Waals surface area contributed by atoms with Gasteiger partial charge in [-0.2, -0.15) is 0 Å². The Morgan fingerprint density at radius 3 is 2.91 bits per heavy atom. The summed E-state index contributed by atoms with van der Waals surface area (Å²) >= 11 is 2.88. The molecule has 1 aliphatic rings. The Bertz CT molecular complexity index is 712. The van der Waals surface area contributed by atoms with Crippen LogP contribution in [0.2, 0.25) is 0 Å². The standard InChI is InChI=1S/C15H18N4O2S2/c1-9(13(20)19-15(21)18-10-4-2-3-5-10)23-14-12-11(6-7-22-12)16-8-17-14/h6-10H,2-5H2,1H3,(H2,18,19,20,21). The number of fused-ring (bicyclic) bond motifs is 1. The molecule has 3 amide bonds. The van der Waals surface area contributed by atoms with Gasteiger partial charge in [-0.3, -0.25) is 10.1 Å². The van der Waals surface area contributed by atoms with Gasteiger partial charge in [-0.25, -0.2) is 14.8 Å². The summed E-state index contributed by atoms with van der Waals surface area (Å²) in [7, 11) is 0. The Balaban J connectivity index is 1.56. The number of thiophene rings is 1. The largest absolute Gasteiger partial charge is 0.335 e. The van der Waals surface area contributed by atoms with Crippen molar-refractivity contribution in [3.63, 3.8) is 0 Å². The molecule has 0 radical (unpaired) electrons. The van der Waals surface area contributed by atoms with E-state index in [1.165, 1.54) is 18.1 Å². The molecule has 1 unspecified atom stereocenters. The maximum atomic E-state index is 12.2. The fourth-order valence-electron chi connectivity index (χ4n) is 2.58. The van der Waals surface area contributed by atoms with Crippen LogP contribution >= 0.6 is 23.1 Å². The molecular formula is C15H18N4O2S2. The monoisotopic (exact) mass is 350 g/mol. The van der Waals surface area contributed by atoms with Crippen molar-refractivity contribution in [1.29, 1.82) is 0 Å². The summed E-state index contributed by atoms with van der Waals surface area (Å²) in [6, 6.07) is 1.71. The number of urea groups is 1. The van der Waals surface area contributed by atoms with Crippen molar-refractivity contribution < 1.29 is 9.59 Å². The molecule has 0 saturated heterocycles. The molecule has 2 heterocycles. The lowest BCUT2D eigenvalue weighted by atomic mass is 10.2. The zero-order valence-corrected chi connectivity index (χ0v) is 14.4. The molecule has 122 valence electrons. The van der Waals surface area contributed by atoms with Gasteiger partial charge in [-0.15, -0.1) is 11.3 Å². The maximum Gasteiger partial charge on any atom is 0.321 e. The third-order valence-electron chi connectivity index (χ3n) is 3.80. The first-order valence-corrected chi connectivity index (χ1v) is 9.35. The highest BCUT2D eigenvalue weighted by atomic mass is 32.2. The Morgan fingerprint density at radius 1 is 1.35 bits per heavy atom. The minimum Gasteiger partial charge on any atom is -0.335 e. The van der Waals surface area contributed by atoms with Crippen molar-refractivity contribution in [3.8, 4) is 0 Å². The van der Waals surface area contributed by atoms with Crippen LogP contribution in [-0.4, -0.2) is 33.2 Å². The molecule has 0 aliphatic heterocycles. The molecule has 6 nitrogen and oxygen atoms in total. The average Bonchev–Trinajstić information content (AvgIpc) is 3.18. The summed E-state index contributed by atoms with van der Waals surface area (Å²) in [4.78, 5) is 32.5. The number of hydrogen-bond donors (Lipinski definition) is 2. The van der Waals surface area contributed by atoms with Crippen LogP contribution in [0.1, 0.15) is 32.6 Å². The van der Waals surface area contributed by atoms with E-state index in [1.807, 2.05) is 11.4 Å². The molecule has 23 heavy (non-hydrogen) atoms. The number of hydrogen-bond acceptors (Lipinski definition) is 6. The van der Waals surface area contributed by atoms with E-state index in [-0.39, 0.29) is 11.9 Å². The lowest BCUT2D eigenvalue weighted by Gasteiger charge is -2.14. The molecule has 0 bridgehead atoms. The molecule has 2 aromatic rings. The van der Waals surface area contributed by atoms with Gasteiger partial charge >= 0.3 is 6.03 Å². The van der Waals surface area contributed by atoms with Gasteiger partial charge in [0.15, 0.2) is 0 Å². The number of carbonyl (C=O) groups is 2. The van der Waals surface area contributed by atoms with E-state index >= 15 is 0 Å². The molecule has 8 heteroatoms. The lowest BCUT2D eigenvalue weighted by molar-refractivity contribution is -0.119. The Kier molecular flexibility index (Phi) is 5.12. The number of rotatable bonds is 4.